The Morgan fingerprint density at radius 2 is 1.82 bits per heavy atom. The number of ether oxygens (including phenoxy) is 2. The number of piperidine rings is 1. The molecule has 2 atom stereocenters. The van der Waals surface area contributed by atoms with Crippen molar-refractivity contribution in [3.8, 4) is 5.75 Å². The number of benzene rings is 1. The van der Waals surface area contributed by atoms with Crippen molar-refractivity contribution in [1.29, 1.82) is 0 Å². The normalized spacial score (nSPS) is 30.3. The number of hydrogen-bond donors (Lipinski definition) is 1. The summed E-state index contributed by atoms with van der Waals surface area (Å²) in [5, 5.41) is 0. The molecular weight excluding hydrogens is 468 g/mol. The average molecular weight is 495 g/mol. The Hall–Kier alpha value is -1.92. The first kappa shape index (κ1) is 24.2. The fourth-order valence-corrected chi connectivity index (χ4v) is 5.86. The molecule has 12 heteroatoms. The van der Waals surface area contributed by atoms with Gasteiger partial charge in [0.25, 0.3) is 0 Å². The molecular formula is C21H26F4N2O5S. The molecule has 1 saturated heterocycles. The van der Waals surface area contributed by atoms with E-state index in [1.807, 2.05) is 0 Å². The highest BCUT2D eigenvalue weighted by molar-refractivity contribution is 7.88. The van der Waals surface area contributed by atoms with Crippen LogP contribution in [0.4, 0.5) is 17.6 Å². The third-order valence-corrected chi connectivity index (χ3v) is 7.27. The topological polar surface area (TPSA) is 84.9 Å². The Balaban J connectivity index is 1.75. The second kappa shape index (κ2) is 9.03. The zero-order chi connectivity index (χ0) is 24.0. The standard InChI is InChI=1S/C21H26F4N2O5S/c1-33(29,30)26-17-3-2-8-27-18(17)11-31-14-6-4-12(5-7-14)15-9-13(22)10-16(23)19(15)32-21(24,25)20(27)28/h9-10,12,14,17-18,26H,2-8,11H2,1H3/t12?,14?,17-,18-/m0/s1. The fraction of sp³-hybridized carbons (Fsp3) is 0.667. The third-order valence-electron chi connectivity index (χ3n) is 6.54. The van der Waals surface area contributed by atoms with Gasteiger partial charge in [0, 0.05) is 24.2 Å². The molecule has 2 bridgehead atoms. The Morgan fingerprint density at radius 1 is 1.12 bits per heavy atom. The minimum absolute atomic E-state index is 0.0375. The molecule has 3 heterocycles. The molecule has 1 saturated carbocycles. The molecule has 7 nitrogen and oxygen atoms in total. The Bertz CT molecular complexity index is 1010. The van der Waals surface area contributed by atoms with Crippen LogP contribution < -0.4 is 9.46 Å². The van der Waals surface area contributed by atoms with Crippen molar-refractivity contribution in [3.63, 3.8) is 0 Å². The van der Waals surface area contributed by atoms with Crippen LogP contribution in [-0.4, -0.2) is 62.9 Å². The Morgan fingerprint density at radius 3 is 2.48 bits per heavy atom. The first-order valence-electron chi connectivity index (χ1n) is 10.9. The summed E-state index contributed by atoms with van der Waals surface area (Å²) in [6.07, 6.45) is -1.24. The number of sulfonamides is 1. The molecule has 184 valence electrons. The molecule has 1 amide bonds. The van der Waals surface area contributed by atoms with E-state index in [0.29, 0.717) is 38.2 Å². The van der Waals surface area contributed by atoms with Gasteiger partial charge in [-0.25, -0.2) is 21.9 Å². The summed E-state index contributed by atoms with van der Waals surface area (Å²) in [5.74, 6) is -5.22. The highest BCUT2D eigenvalue weighted by atomic mass is 32.2. The zero-order valence-corrected chi connectivity index (χ0v) is 18.8. The van der Waals surface area contributed by atoms with Gasteiger partial charge in [-0.15, -0.1) is 0 Å². The summed E-state index contributed by atoms with van der Waals surface area (Å²) < 4.78 is 95.4. The van der Waals surface area contributed by atoms with Gasteiger partial charge in [0.15, 0.2) is 11.6 Å². The predicted molar refractivity (Wildman–Crippen MR) is 109 cm³/mol. The van der Waals surface area contributed by atoms with Gasteiger partial charge >= 0.3 is 12.0 Å². The number of alkyl halides is 2. The van der Waals surface area contributed by atoms with Crippen molar-refractivity contribution in [1.82, 2.24) is 9.62 Å². The number of nitrogens with zero attached hydrogens (tertiary/aromatic N) is 1. The van der Waals surface area contributed by atoms with Crippen LogP contribution in [-0.2, 0) is 19.6 Å². The van der Waals surface area contributed by atoms with E-state index in [0.717, 1.165) is 17.2 Å². The first-order valence-corrected chi connectivity index (χ1v) is 12.8. The van der Waals surface area contributed by atoms with E-state index in [1.54, 1.807) is 0 Å². The van der Waals surface area contributed by atoms with Gasteiger partial charge < -0.3 is 14.4 Å². The summed E-state index contributed by atoms with van der Waals surface area (Å²) in [7, 11) is -3.69. The molecule has 1 N–H and O–H groups in total. The van der Waals surface area contributed by atoms with E-state index in [2.05, 4.69) is 9.46 Å². The van der Waals surface area contributed by atoms with Crippen molar-refractivity contribution in [2.24, 2.45) is 0 Å². The van der Waals surface area contributed by atoms with Crippen LogP contribution in [0.1, 0.15) is 50.0 Å². The summed E-state index contributed by atoms with van der Waals surface area (Å²) in [6.45, 7) is -0.208. The number of hydrogen-bond acceptors (Lipinski definition) is 5. The highest BCUT2D eigenvalue weighted by Gasteiger charge is 2.51. The molecule has 0 aromatic heterocycles. The second-order valence-corrected chi connectivity index (χ2v) is 10.7. The third kappa shape index (κ3) is 5.27. The minimum Gasteiger partial charge on any atom is -0.422 e. The van der Waals surface area contributed by atoms with Crippen LogP contribution in [0.15, 0.2) is 12.1 Å². The van der Waals surface area contributed by atoms with E-state index in [1.165, 1.54) is 0 Å². The number of carbonyl (C=O) groups excluding carboxylic acids is 1. The lowest BCUT2D eigenvalue weighted by Crippen LogP contribution is -2.62. The molecule has 0 unspecified atom stereocenters. The first-order chi connectivity index (χ1) is 15.4. The molecule has 0 spiro atoms. The van der Waals surface area contributed by atoms with E-state index >= 15 is 8.78 Å². The highest BCUT2D eigenvalue weighted by Crippen LogP contribution is 2.42. The zero-order valence-electron chi connectivity index (χ0n) is 18.0. The molecule has 4 aliphatic rings. The lowest BCUT2D eigenvalue weighted by molar-refractivity contribution is -0.209. The number of fused-ring (bicyclic) bond motifs is 5. The Kier molecular flexibility index (Phi) is 6.62. The molecule has 1 aliphatic carbocycles. The van der Waals surface area contributed by atoms with Crippen molar-refractivity contribution in [2.45, 2.75) is 68.7 Å². The van der Waals surface area contributed by atoms with Gasteiger partial charge in [-0.2, -0.15) is 8.78 Å². The lowest BCUT2D eigenvalue weighted by Gasteiger charge is -2.42. The quantitative estimate of drug-likeness (QED) is 0.640. The minimum atomic E-state index is -4.45. The van der Waals surface area contributed by atoms with Crippen LogP contribution in [0.25, 0.3) is 0 Å². The summed E-state index contributed by atoms with van der Waals surface area (Å²) in [5.41, 5.74) is -0.0375. The SMILES string of the molecule is CS(=O)(=O)N[C@H]1CCCN2C(=O)C(F)(F)Oc3c(F)cc(F)cc3C3CCC(CC3)OC[C@@H]12. The van der Waals surface area contributed by atoms with Crippen LogP contribution in [0.5, 0.6) is 5.75 Å². The maximum absolute atomic E-state index is 15.1. The fourth-order valence-electron chi connectivity index (χ4n) is 5.03. The summed E-state index contributed by atoms with van der Waals surface area (Å²) in [6, 6.07) is -0.401. The van der Waals surface area contributed by atoms with Gasteiger partial charge in [0.05, 0.1) is 25.0 Å². The Labute approximate surface area is 189 Å². The van der Waals surface area contributed by atoms with E-state index in [-0.39, 0.29) is 31.2 Å². The smallest absolute Gasteiger partial charge is 0.422 e. The molecule has 5 rings (SSSR count). The number of halogens is 4. The van der Waals surface area contributed by atoms with Crippen LogP contribution in [0, 0.1) is 11.6 Å². The van der Waals surface area contributed by atoms with Gasteiger partial charge in [-0.1, -0.05) is 0 Å². The summed E-state index contributed by atoms with van der Waals surface area (Å²) >= 11 is 0. The maximum atomic E-state index is 15.1. The van der Waals surface area contributed by atoms with Crippen LogP contribution in [0.3, 0.4) is 0 Å². The average Bonchev–Trinajstić information content (AvgIpc) is 2.73. The largest absolute Gasteiger partial charge is 0.482 e. The van der Waals surface area contributed by atoms with Gasteiger partial charge in [0.1, 0.15) is 5.82 Å². The van der Waals surface area contributed by atoms with Gasteiger partial charge in [-0.05, 0) is 50.5 Å². The molecule has 2 fully saturated rings. The van der Waals surface area contributed by atoms with Crippen molar-refractivity contribution in [3.05, 3.63) is 29.3 Å². The number of carbonyl (C=O) groups is 1. The molecule has 0 radical (unpaired) electrons. The van der Waals surface area contributed by atoms with E-state index < -0.39 is 57.4 Å². The van der Waals surface area contributed by atoms with Crippen LogP contribution in [0.2, 0.25) is 0 Å². The molecule has 3 aliphatic heterocycles. The number of amides is 1. The maximum Gasteiger partial charge on any atom is 0.482 e. The van der Waals surface area contributed by atoms with Crippen molar-refractivity contribution in [2.75, 3.05) is 19.4 Å². The summed E-state index contributed by atoms with van der Waals surface area (Å²) in [4.78, 5) is 13.7. The second-order valence-electron chi connectivity index (χ2n) is 8.94. The van der Waals surface area contributed by atoms with Crippen molar-refractivity contribution >= 4 is 15.9 Å². The predicted octanol–water partition coefficient (Wildman–Crippen LogP) is 2.90. The van der Waals surface area contributed by atoms with Crippen molar-refractivity contribution < 1.29 is 40.2 Å². The monoisotopic (exact) mass is 494 g/mol. The van der Waals surface area contributed by atoms with Gasteiger partial charge in [0.2, 0.25) is 10.0 Å². The van der Waals surface area contributed by atoms with Gasteiger partial charge in [-0.3, -0.25) is 4.79 Å². The van der Waals surface area contributed by atoms with E-state index in [4.69, 9.17) is 4.74 Å². The molecule has 33 heavy (non-hydrogen) atoms. The number of rotatable bonds is 2. The molecule has 1 aromatic rings. The molecule has 1 aromatic carbocycles. The lowest BCUT2D eigenvalue weighted by atomic mass is 9.82. The van der Waals surface area contributed by atoms with Crippen LogP contribution >= 0.6 is 0 Å². The number of nitrogens with one attached hydrogen (secondary N) is 1. The van der Waals surface area contributed by atoms with E-state index in [9.17, 15) is 22.0 Å².